The van der Waals surface area contributed by atoms with E-state index in [1.807, 2.05) is 0 Å². The van der Waals surface area contributed by atoms with E-state index in [-0.39, 0.29) is 23.6 Å². The average Bonchev–Trinajstić information content (AvgIpc) is 2.47. The number of rotatable bonds is 2. The summed E-state index contributed by atoms with van der Waals surface area (Å²) >= 11 is 0. The number of aromatic hydroxyl groups is 1. The first-order valence-electron chi connectivity index (χ1n) is 6.61. The first-order valence-corrected chi connectivity index (χ1v) is 6.61. The van der Waals surface area contributed by atoms with Crippen LogP contribution in [0.5, 0.6) is 5.75 Å². The summed E-state index contributed by atoms with van der Waals surface area (Å²) in [6.45, 7) is 1.76. The van der Waals surface area contributed by atoms with Gasteiger partial charge >= 0.3 is 5.63 Å². The molecule has 0 saturated heterocycles. The van der Waals surface area contributed by atoms with E-state index in [2.05, 4.69) is 4.98 Å². The van der Waals surface area contributed by atoms with Crippen molar-refractivity contribution in [3.8, 4) is 5.75 Å². The number of hydrogen-bond acceptors (Lipinski definition) is 5. The van der Waals surface area contributed by atoms with E-state index < -0.39 is 11.4 Å². The van der Waals surface area contributed by atoms with Gasteiger partial charge in [0.2, 0.25) is 0 Å². The molecule has 0 atom stereocenters. The fourth-order valence-electron chi connectivity index (χ4n) is 2.42. The summed E-state index contributed by atoms with van der Waals surface area (Å²) in [5.74, 6) is -0.826. The van der Waals surface area contributed by atoms with Crippen LogP contribution in [-0.2, 0) is 6.42 Å². The second-order valence-corrected chi connectivity index (χ2v) is 5.02. The Morgan fingerprint density at radius 3 is 2.91 bits per heavy atom. The van der Waals surface area contributed by atoms with E-state index in [4.69, 9.17) is 10.2 Å². The number of nitrogen functional groups attached to an aromatic ring is 1. The summed E-state index contributed by atoms with van der Waals surface area (Å²) in [5.41, 5.74) is 6.48. The van der Waals surface area contributed by atoms with Gasteiger partial charge in [0, 0.05) is 29.6 Å². The molecule has 2 heterocycles. The monoisotopic (exact) mass is 300 g/mol. The van der Waals surface area contributed by atoms with Crippen molar-refractivity contribution in [3.05, 3.63) is 63.4 Å². The Morgan fingerprint density at radius 1 is 1.36 bits per heavy atom. The Hall–Kier alpha value is -2.89. The Morgan fingerprint density at radius 2 is 2.14 bits per heavy atom. The lowest BCUT2D eigenvalue weighted by Crippen LogP contribution is -2.12. The maximum atomic E-state index is 14.0. The lowest BCUT2D eigenvalue weighted by Gasteiger charge is -2.09. The Labute approximate surface area is 124 Å². The summed E-state index contributed by atoms with van der Waals surface area (Å²) < 4.78 is 19.2. The van der Waals surface area contributed by atoms with Crippen LogP contribution in [-0.4, -0.2) is 10.1 Å². The second kappa shape index (κ2) is 5.14. The number of anilines is 1. The van der Waals surface area contributed by atoms with Crippen LogP contribution in [0.4, 0.5) is 10.2 Å². The van der Waals surface area contributed by atoms with E-state index in [0.717, 1.165) is 0 Å². The molecule has 0 aliphatic rings. The van der Waals surface area contributed by atoms with Crippen LogP contribution in [0.3, 0.4) is 0 Å². The van der Waals surface area contributed by atoms with Crippen molar-refractivity contribution in [3.63, 3.8) is 0 Å². The fourth-order valence-corrected chi connectivity index (χ4v) is 2.42. The van der Waals surface area contributed by atoms with Crippen molar-refractivity contribution in [1.82, 2.24) is 4.98 Å². The molecule has 0 bridgehead atoms. The van der Waals surface area contributed by atoms with E-state index >= 15 is 0 Å². The number of fused-ring (bicyclic) bond motifs is 1. The van der Waals surface area contributed by atoms with Gasteiger partial charge in [0.1, 0.15) is 11.3 Å². The zero-order chi connectivity index (χ0) is 15.9. The second-order valence-electron chi connectivity index (χ2n) is 5.02. The van der Waals surface area contributed by atoms with Gasteiger partial charge in [-0.15, -0.1) is 0 Å². The van der Waals surface area contributed by atoms with Gasteiger partial charge in [-0.3, -0.25) is 0 Å². The Bertz CT molecular complexity index is 935. The third-order valence-corrected chi connectivity index (χ3v) is 3.63. The molecule has 5 nitrogen and oxygen atoms in total. The van der Waals surface area contributed by atoms with Crippen molar-refractivity contribution < 1.29 is 13.9 Å². The van der Waals surface area contributed by atoms with Gasteiger partial charge in [0.15, 0.2) is 11.6 Å². The van der Waals surface area contributed by atoms with Crippen molar-refractivity contribution in [2.75, 3.05) is 5.73 Å². The molecule has 6 heteroatoms. The van der Waals surface area contributed by atoms with Gasteiger partial charge in [-0.05, 0) is 36.2 Å². The highest BCUT2D eigenvalue weighted by atomic mass is 19.1. The molecule has 2 aromatic heterocycles. The number of phenolic OH excluding ortho intramolecular Hbond substituents is 1. The first kappa shape index (κ1) is 14.1. The van der Waals surface area contributed by atoms with Crippen LogP contribution < -0.4 is 11.4 Å². The number of benzene rings is 1. The lowest BCUT2D eigenvalue weighted by atomic mass is 10.00. The van der Waals surface area contributed by atoms with Crippen LogP contribution in [0.2, 0.25) is 0 Å². The predicted octanol–water partition coefficient (Wildman–Crippen LogP) is 2.51. The summed E-state index contributed by atoms with van der Waals surface area (Å²) in [6, 6.07) is 6.01. The van der Waals surface area contributed by atoms with Crippen molar-refractivity contribution in [2.45, 2.75) is 13.3 Å². The molecule has 112 valence electrons. The molecule has 22 heavy (non-hydrogen) atoms. The molecule has 0 spiro atoms. The molecule has 0 fully saturated rings. The SMILES string of the molecule is Cc1c(Cc2ccnc(N)c2F)c(=O)oc2cc(O)ccc12. The number of aryl methyl sites for hydroxylation is 1. The summed E-state index contributed by atoms with van der Waals surface area (Å²) in [4.78, 5) is 15.8. The molecule has 0 saturated carbocycles. The molecule has 0 radical (unpaired) electrons. The number of hydrogen-bond donors (Lipinski definition) is 2. The molecule has 0 aliphatic heterocycles. The van der Waals surface area contributed by atoms with Gasteiger partial charge in [-0.2, -0.15) is 0 Å². The number of nitrogens with two attached hydrogens (primary N) is 1. The normalized spacial score (nSPS) is 11.0. The maximum Gasteiger partial charge on any atom is 0.340 e. The van der Waals surface area contributed by atoms with E-state index in [9.17, 15) is 14.3 Å². The fraction of sp³-hybridized carbons (Fsp3) is 0.125. The highest BCUT2D eigenvalue weighted by Gasteiger charge is 2.15. The number of nitrogens with zero attached hydrogens (tertiary/aromatic N) is 1. The van der Waals surface area contributed by atoms with Crippen LogP contribution >= 0.6 is 0 Å². The molecule has 0 aliphatic carbocycles. The number of phenols is 1. The van der Waals surface area contributed by atoms with Crippen LogP contribution in [0.15, 0.2) is 39.7 Å². The minimum atomic E-state index is -0.632. The van der Waals surface area contributed by atoms with Crippen molar-refractivity contribution in [1.29, 1.82) is 0 Å². The minimum absolute atomic E-state index is 0.00996. The largest absolute Gasteiger partial charge is 0.508 e. The van der Waals surface area contributed by atoms with Gasteiger partial charge < -0.3 is 15.3 Å². The number of aromatic nitrogens is 1. The quantitative estimate of drug-likeness (QED) is 0.710. The van der Waals surface area contributed by atoms with Crippen LogP contribution in [0, 0.1) is 12.7 Å². The number of pyridine rings is 1. The molecule has 0 amide bonds. The van der Waals surface area contributed by atoms with Crippen LogP contribution in [0.25, 0.3) is 11.0 Å². The third kappa shape index (κ3) is 2.28. The lowest BCUT2D eigenvalue weighted by molar-refractivity contribution is 0.472. The molecular weight excluding hydrogens is 287 g/mol. The van der Waals surface area contributed by atoms with Gasteiger partial charge in [-0.1, -0.05) is 0 Å². The summed E-state index contributed by atoms with van der Waals surface area (Å²) in [7, 11) is 0. The smallest absolute Gasteiger partial charge is 0.340 e. The zero-order valence-corrected chi connectivity index (χ0v) is 11.8. The van der Waals surface area contributed by atoms with E-state index in [0.29, 0.717) is 22.1 Å². The third-order valence-electron chi connectivity index (χ3n) is 3.63. The topological polar surface area (TPSA) is 89.4 Å². The minimum Gasteiger partial charge on any atom is -0.508 e. The average molecular weight is 300 g/mol. The Kier molecular flexibility index (Phi) is 3.29. The zero-order valence-electron chi connectivity index (χ0n) is 11.8. The van der Waals surface area contributed by atoms with Gasteiger partial charge in [-0.25, -0.2) is 14.2 Å². The van der Waals surface area contributed by atoms with Crippen molar-refractivity contribution in [2.24, 2.45) is 0 Å². The highest BCUT2D eigenvalue weighted by Crippen LogP contribution is 2.25. The van der Waals surface area contributed by atoms with Gasteiger partial charge in [0.25, 0.3) is 0 Å². The number of halogens is 1. The predicted molar refractivity (Wildman–Crippen MR) is 80.3 cm³/mol. The van der Waals surface area contributed by atoms with E-state index in [1.165, 1.54) is 24.4 Å². The Balaban J connectivity index is 2.17. The summed E-state index contributed by atoms with van der Waals surface area (Å²) in [6.07, 6.45) is 1.45. The van der Waals surface area contributed by atoms with E-state index in [1.54, 1.807) is 13.0 Å². The van der Waals surface area contributed by atoms with Crippen LogP contribution in [0.1, 0.15) is 16.7 Å². The molecule has 3 N–H and O–H groups in total. The summed E-state index contributed by atoms with van der Waals surface area (Å²) in [5, 5.41) is 10.1. The molecule has 3 rings (SSSR count). The molecular formula is C16H13FN2O3. The first-order chi connectivity index (χ1) is 10.5. The standard InChI is InChI=1S/C16H13FN2O3/c1-8-11-3-2-10(20)7-13(11)22-16(21)12(8)6-9-4-5-19-15(18)14(9)17/h2-5,7,20H,6H2,1H3,(H2,18,19). The molecule has 3 aromatic rings. The highest BCUT2D eigenvalue weighted by molar-refractivity contribution is 5.82. The van der Waals surface area contributed by atoms with Crippen molar-refractivity contribution >= 4 is 16.8 Å². The molecule has 0 unspecified atom stereocenters. The van der Waals surface area contributed by atoms with Gasteiger partial charge in [0.05, 0.1) is 0 Å². The maximum absolute atomic E-state index is 14.0. The molecule has 1 aromatic carbocycles.